The lowest BCUT2D eigenvalue weighted by molar-refractivity contribution is 0.316. The maximum absolute atomic E-state index is 5.77. The van der Waals surface area contributed by atoms with Crippen LogP contribution in [0.5, 0.6) is 0 Å². The lowest BCUT2D eigenvalue weighted by Gasteiger charge is -2.28. The zero-order chi connectivity index (χ0) is 9.47. The second-order valence-electron chi connectivity index (χ2n) is 4.45. The van der Waals surface area contributed by atoms with Crippen molar-refractivity contribution < 1.29 is 0 Å². The molecule has 0 bridgehead atoms. The van der Waals surface area contributed by atoms with Gasteiger partial charge in [0.1, 0.15) is 5.01 Å². The lowest BCUT2D eigenvalue weighted by atomic mass is 9.79. The summed E-state index contributed by atoms with van der Waals surface area (Å²) in [6.07, 6.45) is 3.57. The number of halogens is 1. The highest BCUT2D eigenvalue weighted by Gasteiger charge is 2.27. The van der Waals surface area contributed by atoms with Crippen molar-refractivity contribution in [1.82, 2.24) is 4.98 Å². The van der Waals surface area contributed by atoms with Crippen LogP contribution in [-0.4, -0.2) is 4.98 Å². The van der Waals surface area contributed by atoms with Gasteiger partial charge in [0.15, 0.2) is 0 Å². The smallest absolute Gasteiger partial charge is 0.108 e. The number of alkyl halides is 1. The van der Waals surface area contributed by atoms with Gasteiger partial charge in [-0.2, -0.15) is 0 Å². The minimum absolute atomic E-state index is 0.461. The Balaban J connectivity index is 2.30. The molecule has 1 aliphatic rings. The third-order valence-electron chi connectivity index (χ3n) is 2.61. The number of nitrogens with zero attached hydrogens (tertiary/aromatic N) is 1. The first-order chi connectivity index (χ1) is 6.11. The molecule has 0 N–H and O–H groups in total. The van der Waals surface area contributed by atoms with Crippen LogP contribution in [0.4, 0.5) is 0 Å². The molecule has 0 unspecified atom stereocenters. The Hall–Kier alpha value is -0.0800. The van der Waals surface area contributed by atoms with Gasteiger partial charge in [0.05, 0.1) is 11.6 Å². The van der Waals surface area contributed by atoms with E-state index in [1.54, 1.807) is 11.3 Å². The molecule has 0 aromatic carbocycles. The molecule has 0 fully saturated rings. The summed E-state index contributed by atoms with van der Waals surface area (Å²) in [4.78, 5) is 5.99. The lowest BCUT2D eigenvalue weighted by Crippen LogP contribution is -2.20. The average molecular weight is 216 g/mol. The van der Waals surface area contributed by atoms with Crippen LogP contribution in [0.3, 0.4) is 0 Å². The van der Waals surface area contributed by atoms with Gasteiger partial charge in [-0.1, -0.05) is 13.8 Å². The Morgan fingerprint density at radius 1 is 1.54 bits per heavy atom. The van der Waals surface area contributed by atoms with Crippen LogP contribution < -0.4 is 0 Å². The van der Waals surface area contributed by atoms with Gasteiger partial charge < -0.3 is 0 Å². The number of hydrogen-bond donors (Lipinski definition) is 0. The van der Waals surface area contributed by atoms with E-state index in [-0.39, 0.29) is 0 Å². The van der Waals surface area contributed by atoms with Gasteiger partial charge in [-0.25, -0.2) is 4.98 Å². The fourth-order valence-corrected chi connectivity index (χ4v) is 3.25. The minimum atomic E-state index is 0.461. The maximum atomic E-state index is 5.77. The highest BCUT2D eigenvalue weighted by molar-refractivity contribution is 7.12. The van der Waals surface area contributed by atoms with E-state index >= 15 is 0 Å². The molecule has 1 heterocycles. The normalized spacial score (nSPS) is 19.9. The molecule has 1 nitrogen and oxygen atoms in total. The molecule has 0 saturated carbocycles. The minimum Gasteiger partial charge on any atom is -0.245 e. The number of fused-ring (bicyclic) bond motifs is 1. The van der Waals surface area contributed by atoms with Crippen molar-refractivity contribution in [2.24, 2.45) is 5.41 Å². The molecule has 0 saturated heterocycles. The second kappa shape index (κ2) is 3.25. The maximum Gasteiger partial charge on any atom is 0.108 e. The van der Waals surface area contributed by atoms with E-state index < -0.39 is 0 Å². The van der Waals surface area contributed by atoms with Gasteiger partial charge in [0.25, 0.3) is 0 Å². The van der Waals surface area contributed by atoms with Crippen molar-refractivity contribution in [3.05, 3.63) is 15.6 Å². The van der Waals surface area contributed by atoms with Crippen LogP contribution in [-0.2, 0) is 18.7 Å². The van der Waals surface area contributed by atoms with Crippen molar-refractivity contribution in [2.45, 2.75) is 39.0 Å². The monoisotopic (exact) mass is 215 g/mol. The predicted molar refractivity (Wildman–Crippen MR) is 57.5 cm³/mol. The van der Waals surface area contributed by atoms with Crippen LogP contribution in [0.25, 0.3) is 0 Å². The first kappa shape index (κ1) is 9.47. The molecular formula is C10H14ClNS. The number of rotatable bonds is 1. The van der Waals surface area contributed by atoms with Crippen LogP contribution in [0.1, 0.15) is 35.8 Å². The zero-order valence-electron chi connectivity index (χ0n) is 8.06. The molecule has 0 radical (unpaired) electrons. The molecular weight excluding hydrogens is 202 g/mol. The van der Waals surface area contributed by atoms with E-state index in [1.807, 2.05) is 0 Å². The number of aryl methyl sites for hydroxylation is 1. The van der Waals surface area contributed by atoms with Gasteiger partial charge in [0.2, 0.25) is 0 Å². The Bertz CT molecular complexity index is 317. The average Bonchev–Trinajstić information content (AvgIpc) is 2.44. The SMILES string of the molecule is CC1(C)CCc2nc(CCl)sc2C1. The van der Waals surface area contributed by atoms with Crippen molar-refractivity contribution in [3.8, 4) is 0 Å². The highest BCUT2D eigenvalue weighted by Crippen LogP contribution is 2.37. The molecule has 0 amide bonds. The summed E-state index contributed by atoms with van der Waals surface area (Å²) in [5, 5.41) is 1.09. The van der Waals surface area contributed by atoms with Crippen molar-refractivity contribution in [3.63, 3.8) is 0 Å². The summed E-state index contributed by atoms with van der Waals surface area (Å²) in [7, 11) is 0. The number of hydrogen-bond acceptors (Lipinski definition) is 2. The third-order valence-corrected chi connectivity index (χ3v) is 4.12. The van der Waals surface area contributed by atoms with E-state index in [0.29, 0.717) is 11.3 Å². The zero-order valence-corrected chi connectivity index (χ0v) is 9.63. The summed E-state index contributed by atoms with van der Waals surface area (Å²) in [6, 6.07) is 0. The highest BCUT2D eigenvalue weighted by atomic mass is 35.5. The van der Waals surface area contributed by atoms with E-state index in [4.69, 9.17) is 11.6 Å². The fraction of sp³-hybridized carbons (Fsp3) is 0.700. The molecule has 1 aromatic heterocycles. The third kappa shape index (κ3) is 1.89. The van der Waals surface area contributed by atoms with E-state index in [2.05, 4.69) is 18.8 Å². The molecule has 72 valence electrons. The van der Waals surface area contributed by atoms with Crippen molar-refractivity contribution in [1.29, 1.82) is 0 Å². The Kier molecular flexibility index (Phi) is 2.37. The summed E-state index contributed by atoms with van der Waals surface area (Å²) in [5.41, 5.74) is 1.77. The van der Waals surface area contributed by atoms with Gasteiger partial charge in [0, 0.05) is 4.88 Å². The Morgan fingerprint density at radius 3 is 3.00 bits per heavy atom. The molecule has 0 aliphatic heterocycles. The van der Waals surface area contributed by atoms with Crippen LogP contribution >= 0.6 is 22.9 Å². The first-order valence-corrected chi connectivity index (χ1v) is 5.99. The van der Waals surface area contributed by atoms with Crippen LogP contribution in [0.2, 0.25) is 0 Å². The molecule has 0 atom stereocenters. The van der Waals surface area contributed by atoms with Gasteiger partial charge in [-0.3, -0.25) is 0 Å². The van der Waals surface area contributed by atoms with Gasteiger partial charge in [-0.15, -0.1) is 22.9 Å². The van der Waals surface area contributed by atoms with Gasteiger partial charge in [-0.05, 0) is 24.7 Å². The van der Waals surface area contributed by atoms with Crippen LogP contribution in [0, 0.1) is 5.41 Å². The summed E-state index contributed by atoms with van der Waals surface area (Å²) < 4.78 is 0. The fourth-order valence-electron chi connectivity index (χ4n) is 1.81. The number of thiazole rings is 1. The molecule has 1 aliphatic carbocycles. The summed E-state index contributed by atoms with van der Waals surface area (Å²) >= 11 is 7.56. The Labute approximate surface area is 88.1 Å². The molecule has 13 heavy (non-hydrogen) atoms. The largest absolute Gasteiger partial charge is 0.245 e. The first-order valence-electron chi connectivity index (χ1n) is 4.64. The van der Waals surface area contributed by atoms with Crippen molar-refractivity contribution >= 4 is 22.9 Å². The summed E-state index contributed by atoms with van der Waals surface area (Å²) in [6.45, 7) is 4.66. The van der Waals surface area contributed by atoms with Gasteiger partial charge >= 0.3 is 0 Å². The van der Waals surface area contributed by atoms with E-state index in [1.165, 1.54) is 23.4 Å². The Morgan fingerprint density at radius 2 is 2.31 bits per heavy atom. The molecule has 0 spiro atoms. The van der Waals surface area contributed by atoms with Crippen LogP contribution in [0.15, 0.2) is 0 Å². The molecule has 3 heteroatoms. The van der Waals surface area contributed by atoms with E-state index in [9.17, 15) is 0 Å². The molecule has 2 rings (SSSR count). The summed E-state index contributed by atoms with van der Waals surface area (Å²) in [5.74, 6) is 0.568. The topological polar surface area (TPSA) is 12.9 Å². The van der Waals surface area contributed by atoms with Crippen molar-refractivity contribution in [2.75, 3.05) is 0 Å². The van der Waals surface area contributed by atoms with E-state index in [0.717, 1.165) is 11.4 Å². The second-order valence-corrected chi connectivity index (χ2v) is 5.89. The number of aromatic nitrogens is 1. The molecule has 1 aromatic rings. The standard InChI is InChI=1S/C10H14ClNS/c1-10(2)4-3-7-8(5-10)13-9(6-11)12-7/h3-6H2,1-2H3. The quantitative estimate of drug-likeness (QED) is 0.655. The predicted octanol–water partition coefficient (Wildman–Crippen LogP) is 3.40.